The molecule has 0 bridgehead atoms. The van der Waals surface area contributed by atoms with E-state index in [1.54, 1.807) is 36.4 Å². The van der Waals surface area contributed by atoms with Crippen molar-refractivity contribution in [2.24, 2.45) is 0 Å². The molecule has 0 spiro atoms. The zero-order chi connectivity index (χ0) is 21.7. The van der Waals surface area contributed by atoms with E-state index in [1.165, 1.54) is 19.1 Å². The van der Waals surface area contributed by atoms with Crippen LogP contribution in [0.3, 0.4) is 0 Å². The van der Waals surface area contributed by atoms with E-state index in [2.05, 4.69) is 17.1 Å². The maximum Gasteiger partial charge on any atom is 0.260 e. The minimum absolute atomic E-state index is 0.0332. The molecule has 30 heavy (non-hydrogen) atoms. The van der Waals surface area contributed by atoms with Gasteiger partial charge in [-0.05, 0) is 55.8 Å². The van der Waals surface area contributed by atoms with E-state index in [-0.39, 0.29) is 36.3 Å². The standard InChI is InChI=1S/C23H28FN3O3/c1-16-13-27(17(2)12-26(16)14-19-4-6-20(24)7-5-19)23(29)15-30-22-10-8-21(9-11-22)25-18(3)28/h4-11,16-17H,12-15H2,1-3H3,(H,25,28)/t16-,17+/m1/s1. The number of nitrogens with zero attached hydrogens (tertiary/aromatic N) is 2. The van der Waals surface area contributed by atoms with Crippen molar-refractivity contribution in [1.82, 2.24) is 9.80 Å². The van der Waals surface area contributed by atoms with Crippen molar-refractivity contribution in [3.05, 3.63) is 59.9 Å². The lowest BCUT2D eigenvalue weighted by atomic mass is 10.1. The van der Waals surface area contributed by atoms with Crippen LogP contribution in [0, 0.1) is 5.82 Å². The molecule has 1 aliphatic heterocycles. The van der Waals surface area contributed by atoms with Crippen LogP contribution in [0.4, 0.5) is 10.1 Å². The average Bonchev–Trinajstić information content (AvgIpc) is 2.71. The maximum absolute atomic E-state index is 13.1. The maximum atomic E-state index is 13.1. The lowest BCUT2D eigenvalue weighted by Gasteiger charge is -2.44. The van der Waals surface area contributed by atoms with Gasteiger partial charge in [-0.1, -0.05) is 12.1 Å². The Hall–Kier alpha value is -2.93. The van der Waals surface area contributed by atoms with Crippen molar-refractivity contribution in [3.8, 4) is 5.75 Å². The second-order valence-corrected chi connectivity index (χ2v) is 7.79. The molecule has 2 aromatic carbocycles. The molecule has 7 heteroatoms. The zero-order valence-electron chi connectivity index (χ0n) is 17.6. The van der Waals surface area contributed by atoms with Gasteiger partial charge in [0.2, 0.25) is 5.91 Å². The molecule has 6 nitrogen and oxygen atoms in total. The number of rotatable bonds is 6. The number of piperazine rings is 1. The lowest BCUT2D eigenvalue weighted by Crippen LogP contribution is -2.58. The van der Waals surface area contributed by atoms with Crippen molar-refractivity contribution in [2.75, 3.05) is 25.0 Å². The predicted molar refractivity (Wildman–Crippen MR) is 114 cm³/mol. The largest absolute Gasteiger partial charge is 0.484 e. The van der Waals surface area contributed by atoms with Gasteiger partial charge in [0, 0.05) is 44.3 Å². The van der Waals surface area contributed by atoms with E-state index >= 15 is 0 Å². The zero-order valence-corrected chi connectivity index (χ0v) is 17.6. The van der Waals surface area contributed by atoms with Gasteiger partial charge in [0.25, 0.3) is 5.91 Å². The summed E-state index contributed by atoms with van der Waals surface area (Å²) in [4.78, 5) is 28.0. The van der Waals surface area contributed by atoms with Gasteiger partial charge in [-0.25, -0.2) is 4.39 Å². The highest BCUT2D eigenvalue weighted by Crippen LogP contribution is 2.20. The molecule has 3 rings (SSSR count). The first kappa shape index (κ1) is 21.8. The molecule has 1 heterocycles. The molecule has 0 unspecified atom stereocenters. The monoisotopic (exact) mass is 413 g/mol. The third kappa shape index (κ3) is 5.79. The van der Waals surface area contributed by atoms with Crippen LogP contribution in [0.5, 0.6) is 5.75 Å². The number of carbonyl (C=O) groups is 2. The summed E-state index contributed by atoms with van der Waals surface area (Å²) in [6.45, 7) is 7.63. The Balaban J connectivity index is 1.52. The fourth-order valence-corrected chi connectivity index (χ4v) is 3.66. The second-order valence-electron chi connectivity index (χ2n) is 7.79. The van der Waals surface area contributed by atoms with Crippen LogP contribution in [0.1, 0.15) is 26.3 Å². The summed E-state index contributed by atoms with van der Waals surface area (Å²) in [5, 5.41) is 2.69. The quantitative estimate of drug-likeness (QED) is 0.790. The Morgan fingerprint density at radius 3 is 2.33 bits per heavy atom. The van der Waals surface area contributed by atoms with E-state index in [4.69, 9.17) is 4.74 Å². The molecular formula is C23H28FN3O3. The lowest BCUT2D eigenvalue weighted by molar-refractivity contribution is -0.139. The van der Waals surface area contributed by atoms with Crippen LogP contribution < -0.4 is 10.1 Å². The Kier molecular flexibility index (Phi) is 7.05. The van der Waals surface area contributed by atoms with Crippen LogP contribution in [0.2, 0.25) is 0 Å². The number of anilines is 1. The molecule has 2 aromatic rings. The van der Waals surface area contributed by atoms with Gasteiger partial charge in [-0.3, -0.25) is 14.5 Å². The Bertz CT molecular complexity index is 870. The number of hydrogen-bond acceptors (Lipinski definition) is 4. The minimum Gasteiger partial charge on any atom is -0.484 e. The van der Waals surface area contributed by atoms with Gasteiger partial charge in [-0.15, -0.1) is 0 Å². The van der Waals surface area contributed by atoms with Crippen molar-refractivity contribution >= 4 is 17.5 Å². The highest BCUT2D eigenvalue weighted by molar-refractivity contribution is 5.88. The van der Waals surface area contributed by atoms with Gasteiger partial charge < -0.3 is 15.0 Å². The summed E-state index contributed by atoms with van der Waals surface area (Å²) in [5.74, 6) is 0.149. The van der Waals surface area contributed by atoms with Crippen LogP contribution in [-0.4, -0.2) is 53.4 Å². The molecular weight excluding hydrogens is 385 g/mol. The fourth-order valence-electron chi connectivity index (χ4n) is 3.66. The first-order chi connectivity index (χ1) is 14.3. The number of amides is 2. The van der Waals surface area contributed by atoms with Gasteiger partial charge >= 0.3 is 0 Å². The molecule has 0 radical (unpaired) electrons. The molecule has 160 valence electrons. The molecule has 1 aliphatic rings. The van der Waals surface area contributed by atoms with Gasteiger partial charge in [0.15, 0.2) is 6.61 Å². The Morgan fingerprint density at radius 1 is 1.03 bits per heavy atom. The number of benzene rings is 2. The summed E-state index contributed by atoms with van der Waals surface area (Å²) in [7, 11) is 0. The molecule has 0 aliphatic carbocycles. The van der Waals surface area contributed by atoms with E-state index in [1.807, 2.05) is 11.8 Å². The Labute approximate surface area is 176 Å². The van der Waals surface area contributed by atoms with Gasteiger partial charge in [-0.2, -0.15) is 0 Å². The van der Waals surface area contributed by atoms with E-state index in [9.17, 15) is 14.0 Å². The molecule has 0 saturated carbocycles. The number of ether oxygens (including phenoxy) is 1. The first-order valence-electron chi connectivity index (χ1n) is 10.1. The van der Waals surface area contributed by atoms with Crippen LogP contribution in [0.15, 0.2) is 48.5 Å². The van der Waals surface area contributed by atoms with Crippen LogP contribution in [-0.2, 0) is 16.1 Å². The first-order valence-corrected chi connectivity index (χ1v) is 10.1. The normalized spacial score (nSPS) is 19.4. The minimum atomic E-state index is -0.236. The summed E-state index contributed by atoms with van der Waals surface area (Å²) >= 11 is 0. The molecule has 0 aromatic heterocycles. The number of nitrogens with one attached hydrogen (secondary N) is 1. The van der Waals surface area contributed by atoms with Crippen LogP contribution in [0.25, 0.3) is 0 Å². The van der Waals surface area contributed by atoms with E-state index in [0.29, 0.717) is 18.0 Å². The summed E-state index contributed by atoms with van der Waals surface area (Å²) in [6, 6.07) is 13.7. The molecule has 1 N–H and O–H groups in total. The van der Waals surface area contributed by atoms with E-state index in [0.717, 1.165) is 18.7 Å². The highest BCUT2D eigenvalue weighted by Gasteiger charge is 2.32. The second kappa shape index (κ2) is 9.71. The predicted octanol–water partition coefficient (Wildman–Crippen LogP) is 3.28. The van der Waals surface area contributed by atoms with Crippen molar-refractivity contribution < 1.29 is 18.7 Å². The average molecular weight is 413 g/mol. The van der Waals surface area contributed by atoms with Gasteiger partial charge in [0.05, 0.1) is 0 Å². The molecule has 1 saturated heterocycles. The van der Waals surface area contributed by atoms with E-state index < -0.39 is 0 Å². The van der Waals surface area contributed by atoms with Gasteiger partial charge in [0.1, 0.15) is 11.6 Å². The number of halogens is 1. The molecule has 1 fully saturated rings. The fraction of sp³-hybridized carbons (Fsp3) is 0.391. The Morgan fingerprint density at radius 2 is 1.70 bits per heavy atom. The highest BCUT2D eigenvalue weighted by atomic mass is 19.1. The summed E-state index contributed by atoms with van der Waals surface area (Å²) in [6.07, 6.45) is 0. The third-order valence-corrected chi connectivity index (χ3v) is 5.27. The van der Waals surface area contributed by atoms with Crippen molar-refractivity contribution in [3.63, 3.8) is 0 Å². The van der Waals surface area contributed by atoms with Crippen molar-refractivity contribution in [1.29, 1.82) is 0 Å². The SMILES string of the molecule is CC(=O)Nc1ccc(OCC(=O)N2C[C@@H](C)N(Cc3ccc(F)cc3)C[C@@H]2C)cc1. The summed E-state index contributed by atoms with van der Waals surface area (Å²) < 4.78 is 18.8. The number of carbonyl (C=O) groups excluding carboxylic acids is 2. The van der Waals surface area contributed by atoms with Crippen LogP contribution >= 0.6 is 0 Å². The smallest absolute Gasteiger partial charge is 0.260 e. The van der Waals surface area contributed by atoms with Crippen molar-refractivity contribution in [2.45, 2.75) is 39.4 Å². The topological polar surface area (TPSA) is 61.9 Å². The molecule has 2 atom stereocenters. The number of hydrogen-bond donors (Lipinski definition) is 1. The third-order valence-electron chi connectivity index (χ3n) is 5.27. The summed E-state index contributed by atoms with van der Waals surface area (Å²) in [5.41, 5.74) is 1.74. The molecule has 2 amide bonds.